The van der Waals surface area contributed by atoms with Crippen LogP contribution in [0, 0.1) is 20.9 Å². The number of hydrogen-bond acceptors (Lipinski definition) is 6. The zero-order chi connectivity index (χ0) is 6.28. The molecule has 8 heteroatoms. The normalized spacial score (nSPS) is 6.00. The minimum Gasteiger partial charge on any atom is -0.444 e. The van der Waals surface area contributed by atoms with E-state index in [9.17, 15) is 0 Å². The second-order valence-corrected chi connectivity index (χ2v) is 0.641. The van der Waals surface area contributed by atoms with Crippen molar-refractivity contribution in [2.75, 3.05) is 0 Å². The minimum absolute atomic E-state index is 0. The third-order valence-corrected chi connectivity index (χ3v) is 0. The molecule has 44 valence electrons. The summed E-state index contributed by atoms with van der Waals surface area (Å²) >= 11 is 0. The van der Waals surface area contributed by atoms with E-state index in [0.29, 0.717) is 0 Å². The van der Waals surface area contributed by atoms with E-state index in [1.165, 1.54) is 0 Å². The van der Waals surface area contributed by atoms with Crippen molar-refractivity contribution in [1.82, 2.24) is 0 Å². The van der Waals surface area contributed by atoms with Crippen LogP contribution in [0.2, 0.25) is 0 Å². The van der Waals surface area contributed by atoms with E-state index in [1.807, 2.05) is 0 Å². The van der Waals surface area contributed by atoms with E-state index in [0.717, 1.165) is 5.34 Å². The largest absolute Gasteiger partial charge is 1.00 e. The average molecular weight is 152 g/mol. The Balaban J connectivity index is -0.0000000575. The third-order valence-electron chi connectivity index (χ3n) is 0. The molecule has 0 spiro atoms. The summed E-state index contributed by atoms with van der Waals surface area (Å²) in [6.45, 7) is 0. The quantitative estimate of drug-likeness (QED) is 0.194. The molecule has 0 aliphatic heterocycles. The summed E-state index contributed by atoms with van der Waals surface area (Å²) in [6.07, 6.45) is 0. The number of rotatable bonds is 0. The van der Waals surface area contributed by atoms with Gasteiger partial charge in [0.15, 0.2) is 0 Å². The minimum atomic E-state index is -2.85. The van der Waals surface area contributed by atoms with Crippen LogP contribution in [0.25, 0.3) is 0 Å². The van der Waals surface area contributed by atoms with Crippen LogP contribution >= 0.6 is 0 Å². The van der Waals surface area contributed by atoms with Crippen molar-refractivity contribution < 1.29 is 54.3 Å². The van der Waals surface area contributed by atoms with Gasteiger partial charge >= 0.3 is 29.6 Å². The van der Waals surface area contributed by atoms with Crippen molar-refractivity contribution in [3.8, 4) is 0 Å². The maximum Gasteiger partial charge on any atom is 1.00 e. The standard InChI is InChI=1S/ClO3.HNO2.Na/c2-1(3)4;2-1-3;/h;(H,2,3);/q-1;;+1/p-1. The van der Waals surface area contributed by atoms with E-state index >= 15 is 0 Å². The van der Waals surface area contributed by atoms with Crippen LogP contribution in [0.5, 0.6) is 0 Å². The molecule has 0 atom stereocenters. The molecule has 8 heavy (non-hydrogen) atoms. The first-order valence-electron chi connectivity index (χ1n) is 0.828. The smallest absolute Gasteiger partial charge is 0.444 e. The summed E-state index contributed by atoms with van der Waals surface area (Å²) in [5.74, 6) is 0. The SMILES string of the molecule is O=N[O-].[Na+].[O-][Cl+2]([O-])[O-]. The number of halogens is 1. The van der Waals surface area contributed by atoms with Crippen LogP contribution < -0.4 is 43.5 Å². The van der Waals surface area contributed by atoms with E-state index in [1.54, 1.807) is 0 Å². The van der Waals surface area contributed by atoms with Crippen molar-refractivity contribution in [3.05, 3.63) is 10.1 Å². The van der Waals surface area contributed by atoms with E-state index in [2.05, 4.69) is 0 Å². The van der Waals surface area contributed by atoms with Crippen LogP contribution in [-0.2, 0) is 0 Å². The van der Waals surface area contributed by atoms with Gasteiger partial charge in [-0.1, -0.05) is 0 Å². The first kappa shape index (κ1) is 15.8. The summed E-state index contributed by atoms with van der Waals surface area (Å²) in [5.41, 5.74) is 0. The molecular formula is ClNNaO5-. The molecule has 0 saturated carbocycles. The summed E-state index contributed by atoms with van der Waals surface area (Å²) < 4.78 is 25.2. The molecule has 0 bridgehead atoms. The van der Waals surface area contributed by atoms with Crippen molar-refractivity contribution in [2.24, 2.45) is 5.34 Å². The van der Waals surface area contributed by atoms with Gasteiger partial charge in [0.25, 0.3) is 0 Å². The topological polar surface area (TPSA) is 122 Å². The maximum absolute atomic E-state index is 8.41. The van der Waals surface area contributed by atoms with Gasteiger partial charge in [0.2, 0.25) is 0 Å². The van der Waals surface area contributed by atoms with Crippen LogP contribution in [0.15, 0.2) is 5.34 Å². The maximum atomic E-state index is 8.41. The van der Waals surface area contributed by atoms with E-state index in [-0.39, 0.29) is 29.6 Å². The van der Waals surface area contributed by atoms with Gasteiger partial charge in [0.1, 0.15) is 0 Å². The van der Waals surface area contributed by atoms with E-state index < -0.39 is 10.8 Å². The molecule has 6 nitrogen and oxygen atoms in total. The van der Waals surface area contributed by atoms with Crippen molar-refractivity contribution in [2.45, 2.75) is 0 Å². The Bertz CT molecular complexity index is 36.7. The zero-order valence-corrected chi connectivity index (χ0v) is 6.62. The van der Waals surface area contributed by atoms with Gasteiger partial charge in [-0.3, -0.25) is 0 Å². The molecule has 0 heterocycles. The Hall–Kier alpha value is 0.570. The number of nitrogens with zero attached hydrogens (tertiary/aromatic N) is 1. The molecule has 0 fully saturated rings. The van der Waals surface area contributed by atoms with Crippen LogP contribution in [0.1, 0.15) is 0 Å². The molecule has 0 saturated heterocycles. The third kappa shape index (κ3) is 627. The Kier molecular flexibility index (Phi) is 31.0. The first-order valence-corrected chi connectivity index (χ1v) is 1.75. The average Bonchev–Trinajstić information content (AvgIpc) is 1.33. The summed E-state index contributed by atoms with van der Waals surface area (Å²) in [4.78, 5) is 8.00. The van der Waals surface area contributed by atoms with E-state index in [4.69, 9.17) is 24.1 Å². The Morgan fingerprint density at radius 2 is 1.25 bits per heavy atom. The van der Waals surface area contributed by atoms with Gasteiger partial charge in [0.05, 0.1) is 10.8 Å². The van der Waals surface area contributed by atoms with Crippen LogP contribution in [-0.4, -0.2) is 0 Å². The summed E-state index contributed by atoms with van der Waals surface area (Å²) in [5, 5.41) is 9.00. The zero-order valence-electron chi connectivity index (χ0n) is 3.87. The fraction of sp³-hybridized carbons (Fsp3) is 0. The molecule has 0 radical (unpaired) electrons. The molecule has 0 aromatic carbocycles. The molecule has 0 aliphatic carbocycles. The fourth-order valence-electron chi connectivity index (χ4n) is 0. The molecule has 0 aliphatic rings. The molecular weight excluding hydrogens is 152 g/mol. The molecule has 0 rings (SSSR count). The van der Waals surface area contributed by atoms with Gasteiger partial charge in [-0.2, -0.15) is 0 Å². The van der Waals surface area contributed by atoms with Gasteiger partial charge in [0, 0.05) is 0 Å². The van der Waals surface area contributed by atoms with Gasteiger partial charge in [-0.25, -0.2) is 0 Å². The molecule has 0 N–H and O–H groups in total. The van der Waals surface area contributed by atoms with Crippen molar-refractivity contribution in [3.63, 3.8) is 0 Å². The van der Waals surface area contributed by atoms with Gasteiger partial charge in [-0.15, -0.1) is 5.34 Å². The van der Waals surface area contributed by atoms with Crippen molar-refractivity contribution in [1.29, 1.82) is 0 Å². The summed E-state index contributed by atoms with van der Waals surface area (Å²) in [7, 11) is -2.85. The molecule has 0 amide bonds. The van der Waals surface area contributed by atoms with Gasteiger partial charge in [-0.05, 0) is 0 Å². The Morgan fingerprint density at radius 1 is 1.25 bits per heavy atom. The summed E-state index contributed by atoms with van der Waals surface area (Å²) in [6, 6.07) is 0. The Morgan fingerprint density at radius 3 is 1.25 bits per heavy atom. The second-order valence-electron chi connectivity index (χ2n) is 0.264. The number of hydrogen-bond donors (Lipinski definition) is 0. The van der Waals surface area contributed by atoms with Gasteiger partial charge < -0.3 is 24.1 Å². The second kappa shape index (κ2) is 15.6. The van der Waals surface area contributed by atoms with Crippen LogP contribution in [0.3, 0.4) is 0 Å². The fourth-order valence-corrected chi connectivity index (χ4v) is 0. The molecule has 0 aromatic heterocycles. The monoisotopic (exact) mass is 152 g/mol. The van der Waals surface area contributed by atoms with Crippen molar-refractivity contribution >= 4 is 0 Å². The Labute approximate surface area is 69.8 Å². The van der Waals surface area contributed by atoms with Crippen LogP contribution in [0.4, 0.5) is 0 Å². The first-order chi connectivity index (χ1) is 3.15. The predicted molar refractivity (Wildman–Crippen MR) is 9.16 cm³/mol. The molecule has 0 aromatic rings. The molecule has 0 unspecified atom stereocenters. The predicted octanol–water partition coefficient (Wildman–Crippen LogP) is -6.31.